The van der Waals surface area contributed by atoms with Crippen LogP contribution in [0.25, 0.3) is 22.0 Å². The van der Waals surface area contributed by atoms with Gasteiger partial charge in [0.1, 0.15) is 5.69 Å². The van der Waals surface area contributed by atoms with Crippen molar-refractivity contribution >= 4 is 22.6 Å². The molecule has 0 bridgehead atoms. The maximum atomic E-state index is 11.9. The molecule has 152 valence electrons. The molecule has 0 amide bonds. The van der Waals surface area contributed by atoms with Crippen LogP contribution >= 0.6 is 0 Å². The summed E-state index contributed by atoms with van der Waals surface area (Å²) in [4.78, 5) is 14.2. The van der Waals surface area contributed by atoms with E-state index in [4.69, 9.17) is 4.74 Å². The van der Waals surface area contributed by atoms with Crippen LogP contribution in [0.1, 0.15) is 31.1 Å². The molecule has 3 aromatic rings. The number of aromatic nitrogens is 2. The molecule has 0 saturated carbocycles. The highest BCUT2D eigenvalue weighted by atomic mass is 16.5. The lowest BCUT2D eigenvalue weighted by Crippen LogP contribution is -2.28. The monoisotopic (exact) mass is 392 g/mol. The lowest BCUT2D eigenvalue weighted by Gasteiger charge is -2.18. The standard InChI is InChI=1S/C23H28N4O2/c1-4-27(5-2)16-15-24-22-20-10-8-7-9-19(20)21(25-26-22)17-11-13-18(14-12-17)23(28)29-6-3/h7-14H,4-6,15-16H2,1-3H3,(H,24,26). The zero-order valence-corrected chi connectivity index (χ0v) is 17.3. The molecule has 0 aliphatic carbocycles. The molecule has 6 nitrogen and oxygen atoms in total. The van der Waals surface area contributed by atoms with Gasteiger partial charge in [0.05, 0.1) is 12.2 Å². The largest absolute Gasteiger partial charge is 0.462 e. The molecule has 6 heteroatoms. The van der Waals surface area contributed by atoms with E-state index in [1.807, 2.05) is 30.3 Å². The molecule has 1 N–H and O–H groups in total. The lowest BCUT2D eigenvalue weighted by atomic mass is 10.0. The quantitative estimate of drug-likeness (QED) is 0.550. The van der Waals surface area contributed by atoms with Crippen LogP contribution < -0.4 is 5.32 Å². The summed E-state index contributed by atoms with van der Waals surface area (Å²) < 4.78 is 5.05. The number of hydrogen-bond acceptors (Lipinski definition) is 6. The van der Waals surface area contributed by atoms with Crippen LogP contribution in [-0.2, 0) is 4.74 Å². The number of likely N-dealkylation sites (N-methyl/N-ethyl adjacent to an activating group) is 1. The van der Waals surface area contributed by atoms with Gasteiger partial charge < -0.3 is 15.0 Å². The van der Waals surface area contributed by atoms with E-state index < -0.39 is 0 Å². The van der Waals surface area contributed by atoms with E-state index >= 15 is 0 Å². The third-order valence-electron chi connectivity index (χ3n) is 4.97. The van der Waals surface area contributed by atoms with Crippen LogP contribution in [0.5, 0.6) is 0 Å². The molecule has 0 atom stereocenters. The van der Waals surface area contributed by atoms with Gasteiger partial charge in [-0.3, -0.25) is 0 Å². The number of carbonyl (C=O) groups excluding carboxylic acids is 1. The van der Waals surface area contributed by atoms with E-state index in [0.29, 0.717) is 12.2 Å². The molecule has 0 saturated heterocycles. The van der Waals surface area contributed by atoms with E-state index in [0.717, 1.165) is 54.0 Å². The second-order valence-electron chi connectivity index (χ2n) is 6.69. The maximum Gasteiger partial charge on any atom is 0.338 e. The predicted octanol–water partition coefficient (Wildman–Crippen LogP) is 4.23. The summed E-state index contributed by atoms with van der Waals surface area (Å²) >= 11 is 0. The van der Waals surface area contributed by atoms with Gasteiger partial charge in [0, 0.05) is 29.4 Å². The Bertz CT molecular complexity index is 953. The summed E-state index contributed by atoms with van der Waals surface area (Å²) in [5, 5.41) is 14.4. The SMILES string of the molecule is CCOC(=O)c1ccc(-c2nnc(NCCN(CC)CC)c3ccccc23)cc1. The number of rotatable bonds is 9. The van der Waals surface area contributed by atoms with Gasteiger partial charge in [-0.05, 0) is 32.1 Å². The zero-order chi connectivity index (χ0) is 20.6. The maximum absolute atomic E-state index is 11.9. The lowest BCUT2D eigenvalue weighted by molar-refractivity contribution is 0.0526. The number of benzene rings is 2. The number of nitrogens with one attached hydrogen (secondary N) is 1. The number of anilines is 1. The molecule has 0 spiro atoms. The van der Waals surface area contributed by atoms with Crippen molar-refractivity contribution in [2.45, 2.75) is 20.8 Å². The number of fused-ring (bicyclic) bond motifs is 1. The average Bonchev–Trinajstić information content (AvgIpc) is 2.77. The first-order valence-corrected chi connectivity index (χ1v) is 10.2. The highest BCUT2D eigenvalue weighted by molar-refractivity contribution is 6.00. The molecule has 2 aromatic carbocycles. The highest BCUT2D eigenvalue weighted by Crippen LogP contribution is 2.29. The number of nitrogens with zero attached hydrogens (tertiary/aromatic N) is 3. The van der Waals surface area contributed by atoms with E-state index in [1.54, 1.807) is 19.1 Å². The first-order valence-electron chi connectivity index (χ1n) is 10.2. The van der Waals surface area contributed by atoms with E-state index in [9.17, 15) is 4.79 Å². The molecule has 1 aromatic heterocycles. The second-order valence-corrected chi connectivity index (χ2v) is 6.69. The fraction of sp³-hybridized carbons (Fsp3) is 0.348. The first-order chi connectivity index (χ1) is 14.2. The van der Waals surface area contributed by atoms with Crippen molar-refractivity contribution in [2.75, 3.05) is 38.1 Å². The molecular weight excluding hydrogens is 364 g/mol. The van der Waals surface area contributed by atoms with Gasteiger partial charge in [-0.1, -0.05) is 50.2 Å². The van der Waals surface area contributed by atoms with Crippen LogP contribution in [0, 0.1) is 0 Å². The third kappa shape index (κ3) is 4.90. The van der Waals surface area contributed by atoms with Crippen molar-refractivity contribution in [2.24, 2.45) is 0 Å². The molecule has 1 heterocycles. The third-order valence-corrected chi connectivity index (χ3v) is 4.97. The Balaban J connectivity index is 1.86. The molecule has 0 aliphatic heterocycles. The molecule has 0 unspecified atom stereocenters. The predicted molar refractivity (Wildman–Crippen MR) is 117 cm³/mol. The smallest absolute Gasteiger partial charge is 0.338 e. The van der Waals surface area contributed by atoms with Crippen LogP contribution in [0.15, 0.2) is 48.5 Å². The topological polar surface area (TPSA) is 67.3 Å². The van der Waals surface area contributed by atoms with E-state index in [1.165, 1.54) is 0 Å². The summed E-state index contributed by atoms with van der Waals surface area (Å²) in [6.07, 6.45) is 0. The highest BCUT2D eigenvalue weighted by Gasteiger charge is 2.12. The molecule has 29 heavy (non-hydrogen) atoms. The summed E-state index contributed by atoms with van der Waals surface area (Å²) in [7, 11) is 0. The zero-order valence-electron chi connectivity index (χ0n) is 17.3. The van der Waals surface area contributed by atoms with E-state index in [2.05, 4.69) is 40.3 Å². The van der Waals surface area contributed by atoms with Crippen molar-refractivity contribution in [3.05, 3.63) is 54.1 Å². The number of hydrogen-bond donors (Lipinski definition) is 1. The van der Waals surface area contributed by atoms with Crippen molar-refractivity contribution in [1.82, 2.24) is 15.1 Å². The van der Waals surface area contributed by atoms with Crippen LogP contribution in [0.4, 0.5) is 5.82 Å². The Hall–Kier alpha value is -2.99. The molecule has 0 aliphatic rings. The average molecular weight is 393 g/mol. The van der Waals surface area contributed by atoms with Gasteiger partial charge in [0.15, 0.2) is 5.82 Å². The fourth-order valence-corrected chi connectivity index (χ4v) is 3.30. The second kappa shape index (κ2) is 9.98. The molecule has 0 fully saturated rings. The Morgan fingerprint density at radius 1 is 0.966 bits per heavy atom. The van der Waals surface area contributed by atoms with Crippen LogP contribution in [-0.4, -0.2) is 53.9 Å². The fourth-order valence-electron chi connectivity index (χ4n) is 3.30. The number of ether oxygens (including phenoxy) is 1. The van der Waals surface area contributed by atoms with Crippen molar-refractivity contribution < 1.29 is 9.53 Å². The number of esters is 1. The summed E-state index contributed by atoms with van der Waals surface area (Å²) in [5.41, 5.74) is 2.24. The van der Waals surface area contributed by atoms with Crippen LogP contribution in [0.2, 0.25) is 0 Å². The van der Waals surface area contributed by atoms with Crippen molar-refractivity contribution in [3.63, 3.8) is 0 Å². The number of carbonyl (C=O) groups is 1. The Labute approximate surface area is 171 Å². The molecule has 0 radical (unpaired) electrons. The van der Waals surface area contributed by atoms with Gasteiger partial charge in [0.2, 0.25) is 0 Å². The Morgan fingerprint density at radius 2 is 1.66 bits per heavy atom. The Kier molecular flexibility index (Phi) is 7.14. The summed E-state index contributed by atoms with van der Waals surface area (Å²) in [6, 6.07) is 15.4. The van der Waals surface area contributed by atoms with Gasteiger partial charge >= 0.3 is 5.97 Å². The van der Waals surface area contributed by atoms with Gasteiger partial charge in [0.25, 0.3) is 0 Å². The minimum atomic E-state index is -0.317. The van der Waals surface area contributed by atoms with Gasteiger partial charge in [-0.2, -0.15) is 0 Å². The summed E-state index contributed by atoms with van der Waals surface area (Å²) in [6.45, 7) is 10.3. The molecular formula is C23H28N4O2. The van der Waals surface area contributed by atoms with Gasteiger partial charge in [-0.25, -0.2) is 4.79 Å². The Morgan fingerprint density at radius 3 is 2.31 bits per heavy atom. The van der Waals surface area contributed by atoms with Crippen molar-refractivity contribution in [1.29, 1.82) is 0 Å². The minimum absolute atomic E-state index is 0.317. The molecule has 3 rings (SSSR count). The van der Waals surface area contributed by atoms with E-state index in [-0.39, 0.29) is 5.97 Å². The first kappa shape index (κ1) is 20.7. The normalized spacial score (nSPS) is 11.0. The summed E-state index contributed by atoms with van der Waals surface area (Å²) in [5.74, 6) is 0.474. The van der Waals surface area contributed by atoms with Crippen molar-refractivity contribution in [3.8, 4) is 11.3 Å². The van der Waals surface area contributed by atoms with Gasteiger partial charge in [-0.15, -0.1) is 10.2 Å². The van der Waals surface area contributed by atoms with Crippen LogP contribution in [0.3, 0.4) is 0 Å². The minimum Gasteiger partial charge on any atom is -0.462 e.